The zero-order chi connectivity index (χ0) is 26.4. The highest BCUT2D eigenvalue weighted by Crippen LogP contribution is 2.48. The molecule has 0 aliphatic carbocycles. The molecule has 3 atom stereocenters. The van der Waals surface area contributed by atoms with Crippen molar-refractivity contribution in [2.24, 2.45) is 11.8 Å². The van der Waals surface area contributed by atoms with Gasteiger partial charge in [0.05, 0.1) is 48.3 Å². The average molecular weight is 501 g/mol. The van der Waals surface area contributed by atoms with Crippen molar-refractivity contribution >= 4 is 5.97 Å². The predicted octanol–water partition coefficient (Wildman–Crippen LogP) is 5.09. The minimum Gasteiger partial charge on any atom is -0.493 e. The molecule has 0 bridgehead atoms. The molecule has 0 unspecified atom stereocenters. The first kappa shape index (κ1) is 27.2. The van der Waals surface area contributed by atoms with Gasteiger partial charge in [0, 0.05) is 5.57 Å². The van der Waals surface area contributed by atoms with Crippen LogP contribution in [0.15, 0.2) is 41.5 Å². The molecule has 0 aromatic heterocycles. The van der Waals surface area contributed by atoms with Crippen LogP contribution < -0.4 is 23.7 Å². The SMILES string of the molecule is COc1ccc(C[C@H]2CO[C@H](c3cc(OC)c(OC)c(OC)c3)[C@@H]2CC(C)=C(C)C(=O)O)cc1OC. The van der Waals surface area contributed by atoms with Crippen molar-refractivity contribution in [1.82, 2.24) is 0 Å². The molecular weight excluding hydrogens is 464 g/mol. The lowest BCUT2D eigenvalue weighted by atomic mass is 9.79. The summed E-state index contributed by atoms with van der Waals surface area (Å²) in [6, 6.07) is 9.71. The number of rotatable bonds is 11. The van der Waals surface area contributed by atoms with Crippen molar-refractivity contribution in [3.8, 4) is 28.7 Å². The van der Waals surface area contributed by atoms with Crippen LogP contribution in [-0.2, 0) is 16.0 Å². The second-order valence-corrected chi connectivity index (χ2v) is 8.94. The first-order chi connectivity index (χ1) is 17.3. The van der Waals surface area contributed by atoms with Crippen LogP contribution in [0.1, 0.15) is 37.5 Å². The summed E-state index contributed by atoms with van der Waals surface area (Å²) >= 11 is 0. The number of benzene rings is 2. The minimum absolute atomic E-state index is 0.0233. The number of hydrogen-bond donors (Lipinski definition) is 1. The number of carboxylic acid groups (broad SMARTS) is 1. The molecule has 2 aromatic carbocycles. The zero-order valence-corrected chi connectivity index (χ0v) is 22.0. The lowest BCUT2D eigenvalue weighted by Crippen LogP contribution is -2.19. The van der Waals surface area contributed by atoms with Gasteiger partial charge in [0.25, 0.3) is 0 Å². The lowest BCUT2D eigenvalue weighted by molar-refractivity contribution is -0.132. The molecule has 196 valence electrons. The number of carbonyl (C=O) groups is 1. The molecule has 2 aromatic rings. The van der Waals surface area contributed by atoms with Crippen LogP contribution >= 0.6 is 0 Å². The largest absolute Gasteiger partial charge is 0.493 e. The van der Waals surface area contributed by atoms with Gasteiger partial charge in [-0.05, 0) is 73.9 Å². The summed E-state index contributed by atoms with van der Waals surface area (Å²) in [6.45, 7) is 4.05. The van der Waals surface area contributed by atoms with Gasteiger partial charge in [-0.1, -0.05) is 11.6 Å². The third-order valence-electron chi connectivity index (χ3n) is 6.95. The van der Waals surface area contributed by atoms with E-state index in [1.807, 2.05) is 37.3 Å². The minimum atomic E-state index is -0.910. The number of methoxy groups -OCH3 is 5. The number of ether oxygens (including phenoxy) is 6. The molecule has 8 nitrogen and oxygen atoms in total. The van der Waals surface area contributed by atoms with Crippen molar-refractivity contribution in [1.29, 1.82) is 0 Å². The molecule has 1 fully saturated rings. The quantitative estimate of drug-likeness (QED) is 0.427. The van der Waals surface area contributed by atoms with Gasteiger partial charge in [0.2, 0.25) is 5.75 Å². The predicted molar refractivity (Wildman–Crippen MR) is 136 cm³/mol. The van der Waals surface area contributed by atoms with Gasteiger partial charge in [0.15, 0.2) is 23.0 Å². The molecule has 0 spiro atoms. The molecule has 1 N–H and O–H groups in total. The Morgan fingerprint density at radius 1 is 0.889 bits per heavy atom. The van der Waals surface area contributed by atoms with Crippen LogP contribution in [-0.4, -0.2) is 53.2 Å². The molecule has 1 aliphatic heterocycles. The number of allylic oxidation sites excluding steroid dienone is 1. The van der Waals surface area contributed by atoms with Gasteiger partial charge in [-0.3, -0.25) is 0 Å². The van der Waals surface area contributed by atoms with Gasteiger partial charge >= 0.3 is 5.97 Å². The first-order valence-corrected chi connectivity index (χ1v) is 11.8. The van der Waals surface area contributed by atoms with Gasteiger partial charge in [-0.15, -0.1) is 0 Å². The van der Waals surface area contributed by atoms with E-state index in [0.29, 0.717) is 47.3 Å². The molecule has 8 heteroatoms. The van der Waals surface area contributed by atoms with Crippen LogP contribution in [0.3, 0.4) is 0 Å². The van der Waals surface area contributed by atoms with Gasteiger partial charge in [-0.2, -0.15) is 0 Å². The molecular formula is C28H36O8. The normalized spacial score (nSPS) is 19.9. The highest BCUT2D eigenvalue weighted by molar-refractivity contribution is 5.86. The van der Waals surface area contributed by atoms with E-state index in [0.717, 1.165) is 23.1 Å². The van der Waals surface area contributed by atoms with E-state index in [1.54, 1.807) is 42.5 Å². The first-order valence-electron chi connectivity index (χ1n) is 11.8. The van der Waals surface area contributed by atoms with Crippen LogP contribution in [0.4, 0.5) is 0 Å². The van der Waals surface area contributed by atoms with E-state index < -0.39 is 5.97 Å². The van der Waals surface area contributed by atoms with E-state index in [9.17, 15) is 9.90 Å². The third kappa shape index (κ3) is 5.70. The van der Waals surface area contributed by atoms with E-state index in [2.05, 4.69) is 0 Å². The van der Waals surface area contributed by atoms with Crippen LogP contribution in [0.25, 0.3) is 0 Å². The summed E-state index contributed by atoms with van der Waals surface area (Å²) in [5, 5.41) is 9.55. The fourth-order valence-corrected chi connectivity index (χ4v) is 4.81. The molecule has 0 saturated carbocycles. The number of hydrogen-bond acceptors (Lipinski definition) is 7. The van der Waals surface area contributed by atoms with Crippen molar-refractivity contribution in [2.45, 2.75) is 32.8 Å². The van der Waals surface area contributed by atoms with Gasteiger partial charge in [0.1, 0.15) is 0 Å². The van der Waals surface area contributed by atoms with Crippen LogP contribution in [0.5, 0.6) is 28.7 Å². The fraction of sp³-hybridized carbons (Fsp3) is 0.464. The molecule has 1 aliphatic rings. The standard InChI is InChI=1S/C28H36O8/c1-16(17(2)28(29)30)10-21-20(11-18-8-9-22(31-3)23(12-18)32-4)15-36-26(21)19-13-24(33-5)27(35-7)25(14-19)34-6/h8-9,12-14,20-21,26H,10-11,15H2,1-7H3,(H,29,30)/t20-,21+,26+/m0/s1. The Morgan fingerprint density at radius 2 is 1.50 bits per heavy atom. The van der Waals surface area contributed by atoms with Gasteiger partial charge < -0.3 is 33.5 Å². The van der Waals surface area contributed by atoms with E-state index in [1.165, 1.54) is 0 Å². The Balaban J connectivity index is 2.01. The Kier molecular flexibility index (Phi) is 9.09. The van der Waals surface area contributed by atoms with E-state index in [-0.39, 0.29) is 17.9 Å². The van der Waals surface area contributed by atoms with Crippen molar-refractivity contribution in [3.05, 3.63) is 52.6 Å². The highest BCUT2D eigenvalue weighted by atomic mass is 16.5. The summed E-state index contributed by atoms with van der Waals surface area (Å²) in [4.78, 5) is 11.6. The maximum atomic E-state index is 11.6. The molecule has 1 saturated heterocycles. The maximum absolute atomic E-state index is 11.6. The Labute approximate surface area is 212 Å². The summed E-state index contributed by atoms with van der Waals surface area (Å²) in [5.74, 6) is 2.21. The summed E-state index contributed by atoms with van der Waals surface area (Å²) in [6.07, 6.45) is 1.04. The molecule has 0 amide bonds. The average Bonchev–Trinajstić information content (AvgIpc) is 3.28. The van der Waals surface area contributed by atoms with E-state index >= 15 is 0 Å². The lowest BCUT2D eigenvalue weighted by Gasteiger charge is -2.25. The molecule has 0 radical (unpaired) electrons. The smallest absolute Gasteiger partial charge is 0.331 e. The number of aliphatic carboxylic acids is 1. The number of carboxylic acids is 1. The third-order valence-corrected chi connectivity index (χ3v) is 6.95. The summed E-state index contributed by atoms with van der Waals surface area (Å²) < 4.78 is 33.8. The molecule has 3 rings (SSSR count). The Bertz CT molecular complexity index is 1080. The van der Waals surface area contributed by atoms with Crippen molar-refractivity contribution < 1.29 is 38.3 Å². The monoisotopic (exact) mass is 500 g/mol. The van der Waals surface area contributed by atoms with Gasteiger partial charge in [-0.25, -0.2) is 4.79 Å². The summed E-state index contributed by atoms with van der Waals surface area (Å²) in [5.41, 5.74) is 3.17. The second-order valence-electron chi connectivity index (χ2n) is 8.94. The Hall–Kier alpha value is -3.39. The van der Waals surface area contributed by atoms with Crippen molar-refractivity contribution in [3.63, 3.8) is 0 Å². The van der Waals surface area contributed by atoms with Crippen molar-refractivity contribution in [2.75, 3.05) is 42.2 Å². The molecule has 1 heterocycles. The fourth-order valence-electron chi connectivity index (χ4n) is 4.81. The summed E-state index contributed by atoms with van der Waals surface area (Å²) in [7, 11) is 7.96. The van der Waals surface area contributed by atoms with Crippen LogP contribution in [0, 0.1) is 11.8 Å². The molecule has 36 heavy (non-hydrogen) atoms. The van der Waals surface area contributed by atoms with E-state index in [4.69, 9.17) is 28.4 Å². The highest BCUT2D eigenvalue weighted by Gasteiger charge is 2.39. The second kappa shape index (κ2) is 12.0. The zero-order valence-electron chi connectivity index (χ0n) is 22.0. The maximum Gasteiger partial charge on any atom is 0.331 e. The topological polar surface area (TPSA) is 92.7 Å². The van der Waals surface area contributed by atoms with Crippen LogP contribution in [0.2, 0.25) is 0 Å². The Morgan fingerprint density at radius 3 is 2.03 bits per heavy atom.